The molecule has 0 saturated heterocycles. The first kappa shape index (κ1) is 9.40. The van der Waals surface area contributed by atoms with Gasteiger partial charge in [0.15, 0.2) is 0 Å². The van der Waals surface area contributed by atoms with Crippen LogP contribution in [-0.4, -0.2) is 0 Å². The molecular weight excluding hydrogens is 150 g/mol. The Balaban J connectivity index is 0.000000640. The van der Waals surface area contributed by atoms with Crippen molar-refractivity contribution >= 4 is 23.2 Å². The third kappa shape index (κ3) is 2.65. The molecule has 0 heterocycles. The van der Waals surface area contributed by atoms with Crippen LogP contribution in [0.25, 0.3) is 0 Å². The average molecular weight is 153 g/mol. The molecule has 0 bridgehead atoms. The molecule has 0 nitrogen and oxygen atoms in total. The maximum atomic E-state index is 5.56. The molecule has 0 aliphatic rings. The van der Waals surface area contributed by atoms with Crippen LogP contribution < -0.4 is 18.9 Å². The summed E-state index contributed by atoms with van der Waals surface area (Å²) >= 11 is 11.1. The predicted octanol–water partition coefficient (Wildman–Crippen LogP) is -0.202. The molecule has 0 amide bonds. The molecule has 1 rings (SSSR count). The average Bonchev–Trinajstić information content (AvgIpc) is 1.77. The van der Waals surface area contributed by atoms with Crippen molar-refractivity contribution in [2.45, 2.75) is 0 Å². The first-order valence-corrected chi connectivity index (χ1v) is 2.87. The van der Waals surface area contributed by atoms with E-state index in [1.54, 1.807) is 18.2 Å². The summed E-state index contributed by atoms with van der Waals surface area (Å²) < 4.78 is 0. The first-order valence-electron chi connectivity index (χ1n) is 2.12. The smallest absolute Gasteiger partial charge is 0.182 e. The van der Waals surface area contributed by atoms with Gasteiger partial charge < -0.3 is 0 Å². The molecule has 0 aromatic heterocycles. The predicted molar refractivity (Wildman–Crippen MR) is 35.3 cm³/mol. The van der Waals surface area contributed by atoms with E-state index in [2.05, 4.69) is 6.07 Å². The molecule has 3 heteroatoms. The van der Waals surface area contributed by atoms with Crippen LogP contribution in [0.15, 0.2) is 18.2 Å². The largest absolute Gasteiger partial charge is 1.00 e. The molecule has 0 spiro atoms. The minimum atomic E-state index is 0. The van der Waals surface area contributed by atoms with E-state index in [-0.39, 0.29) is 18.9 Å². The molecule has 0 unspecified atom stereocenters. The van der Waals surface area contributed by atoms with Crippen molar-refractivity contribution in [3.63, 3.8) is 0 Å². The van der Waals surface area contributed by atoms with Crippen molar-refractivity contribution in [2.75, 3.05) is 0 Å². The Labute approximate surface area is 76.3 Å². The Morgan fingerprint density at radius 2 is 1.89 bits per heavy atom. The van der Waals surface area contributed by atoms with E-state index in [0.717, 1.165) is 0 Å². The number of benzene rings is 1. The fraction of sp³-hybridized carbons (Fsp3) is 0. The van der Waals surface area contributed by atoms with Gasteiger partial charge in [-0.05, 0) is 0 Å². The summed E-state index contributed by atoms with van der Waals surface area (Å²) in [5.74, 6) is 0. The zero-order chi connectivity index (χ0) is 5.98. The summed E-state index contributed by atoms with van der Waals surface area (Å²) in [6, 6.07) is 7.83. The molecule has 0 N–H and O–H groups in total. The van der Waals surface area contributed by atoms with Crippen LogP contribution in [-0.2, 0) is 0 Å². The number of halogens is 2. The molecule has 0 aliphatic carbocycles. The molecule has 42 valence electrons. The molecule has 1 aromatic rings. The fourth-order valence-electron chi connectivity index (χ4n) is 0.391. The molecule has 9 heavy (non-hydrogen) atoms. The van der Waals surface area contributed by atoms with Gasteiger partial charge in [0.2, 0.25) is 0 Å². The monoisotopic (exact) mass is 152 g/mol. The number of hydrogen-bond acceptors (Lipinski definition) is 0. The van der Waals surface area contributed by atoms with Gasteiger partial charge in [-0.15, -0.1) is 11.6 Å². The summed E-state index contributed by atoms with van der Waals surface area (Å²) in [5.41, 5.74) is 0. The molecule has 0 saturated carbocycles. The second kappa shape index (κ2) is 4.25. The van der Waals surface area contributed by atoms with Crippen molar-refractivity contribution in [1.82, 2.24) is 0 Å². The Morgan fingerprint density at radius 3 is 2.22 bits per heavy atom. The van der Waals surface area contributed by atoms with Crippen molar-refractivity contribution < 1.29 is 18.9 Å². The van der Waals surface area contributed by atoms with Gasteiger partial charge in [-0.1, -0.05) is 10.0 Å². The first-order chi connectivity index (χ1) is 3.80. The quantitative estimate of drug-likeness (QED) is 0.357. The van der Waals surface area contributed by atoms with E-state index in [9.17, 15) is 0 Å². The van der Waals surface area contributed by atoms with E-state index >= 15 is 0 Å². The number of hydrogen-bond donors (Lipinski definition) is 0. The van der Waals surface area contributed by atoms with Gasteiger partial charge >= 0.3 is 18.9 Å². The summed E-state index contributed by atoms with van der Waals surface area (Å²) in [6.45, 7) is 0. The third-order valence-corrected chi connectivity index (χ3v) is 1.50. The standard InChI is InChI=1S/C6H3Cl2.Li/c7-5-3-1-2-4-6(5)8;/h1,3-4H;/q-1;+1. The van der Waals surface area contributed by atoms with Crippen LogP contribution >= 0.6 is 23.2 Å². The third-order valence-electron chi connectivity index (χ3n) is 0.764. The van der Waals surface area contributed by atoms with Gasteiger partial charge in [0.25, 0.3) is 0 Å². The second-order valence-electron chi connectivity index (χ2n) is 1.34. The van der Waals surface area contributed by atoms with E-state index in [1.165, 1.54) is 0 Å². The summed E-state index contributed by atoms with van der Waals surface area (Å²) in [5, 5.41) is 1.12. The molecule has 0 fully saturated rings. The van der Waals surface area contributed by atoms with Crippen LogP contribution in [0, 0.1) is 6.07 Å². The van der Waals surface area contributed by atoms with Crippen LogP contribution in [0.5, 0.6) is 0 Å². The molecule has 0 radical (unpaired) electrons. The Bertz CT molecular complexity index is 167. The maximum absolute atomic E-state index is 5.56. The maximum Gasteiger partial charge on any atom is 1.00 e. The minimum absolute atomic E-state index is 0. The van der Waals surface area contributed by atoms with Crippen LogP contribution in [0.2, 0.25) is 10.0 Å². The van der Waals surface area contributed by atoms with Gasteiger partial charge in [-0.25, -0.2) is 0 Å². The number of rotatable bonds is 0. The Hall–Kier alpha value is 0.397. The van der Waals surface area contributed by atoms with Gasteiger partial charge in [0.1, 0.15) is 0 Å². The summed E-state index contributed by atoms with van der Waals surface area (Å²) in [7, 11) is 0. The Morgan fingerprint density at radius 1 is 1.22 bits per heavy atom. The van der Waals surface area contributed by atoms with E-state index < -0.39 is 0 Å². The van der Waals surface area contributed by atoms with Crippen molar-refractivity contribution in [1.29, 1.82) is 0 Å². The van der Waals surface area contributed by atoms with Crippen LogP contribution in [0.4, 0.5) is 0 Å². The van der Waals surface area contributed by atoms with Crippen LogP contribution in [0.1, 0.15) is 0 Å². The SMILES string of the molecule is Clc1c[c-]ccc1Cl.[Li+]. The van der Waals surface area contributed by atoms with Crippen molar-refractivity contribution in [3.05, 3.63) is 34.3 Å². The van der Waals surface area contributed by atoms with Gasteiger partial charge in [0, 0.05) is 0 Å². The summed E-state index contributed by atoms with van der Waals surface area (Å²) in [6.07, 6.45) is 0. The van der Waals surface area contributed by atoms with Crippen LogP contribution in [0.3, 0.4) is 0 Å². The fourth-order valence-corrected chi connectivity index (χ4v) is 0.635. The van der Waals surface area contributed by atoms with Gasteiger partial charge in [-0.2, -0.15) is 35.9 Å². The Kier molecular flexibility index (Phi) is 4.44. The van der Waals surface area contributed by atoms with E-state index in [1.807, 2.05) is 0 Å². The van der Waals surface area contributed by atoms with Crippen molar-refractivity contribution in [2.24, 2.45) is 0 Å². The minimum Gasteiger partial charge on any atom is -0.182 e. The molecule has 0 atom stereocenters. The zero-order valence-electron chi connectivity index (χ0n) is 4.99. The topological polar surface area (TPSA) is 0 Å². The molecular formula is C6H3Cl2Li. The summed E-state index contributed by atoms with van der Waals surface area (Å²) in [4.78, 5) is 0. The van der Waals surface area contributed by atoms with E-state index in [4.69, 9.17) is 23.2 Å². The normalized spacial score (nSPS) is 8.22. The van der Waals surface area contributed by atoms with Gasteiger partial charge in [-0.3, -0.25) is 0 Å². The zero-order valence-corrected chi connectivity index (χ0v) is 6.50. The van der Waals surface area contributed by atoms with E-state index in [0.29, 0.717) is 10.0 Å². The van der Waals surface area contributed by atoms with Crippen molar-refractivity contribution in [3.8, 4) is 0 Å². The van der Waals surface area contributed by atoms with Gasteiger partial charge in [0.05, 0.1) is 0 Å². The molecule has 1 aromatic carbocycles. The molecule has 0 aliphatic heterocycles. The second-order valence-corrected chi connectivity index (χ2v) is 2.15.